The van der Waals surface area contributed by atoms with Gasteiger partial charge in [-0.2, -0.15) is 18.2 Å². The second kappa shape index (κ2) is 7.12. The van der Waals surface area contributed by atoms with E-state index in [0.717, 1.165) is 19.3 Å². The largest absolute Gasteiger partial charge is 0.408 e. The Kier molecular flexibility index (Phi) is 4.77. The molecule has 2 saturated heterocycles. The molecule has 0 N–H and O–H groups in total. The van der Waals surface area contributed by atoms with Gasteiger partial charge in [-0.15, -0.1) is 0 Å². The van der Waals surface area contributed by atoms with Crippen LogP contribution in [0.4, 0.5) is 24.9 Å². The van der Waals surface area contributed by atoms with Crippen LogP contribution >= 0.6 is 0 Å². The van der Waals surface area contributed by atoms with E-state index in [1.54, 1.807) is 0 Å². The monoisotopic (exact) mass is 428 g/mol. The summed E-state index contributed by atoms with van der Waals surface area (Å²) in [6, 6.07) is -0.230. The summed E-state index contributed by atoms with van der Waals surface area (Å²) in [5.74, 6) is 0.829. The highest BCUT2D eigenvalue weighted by Gasteiger charge is 2.55. The van der Waals surface area contributed by atoms with E-state index in [0.29, 0.717) is 38.1 Å². The van der Waals surface area contributed by atoms with Gasteiger partial charge in [0, 0.05) is 25.6 Å². The highest BCUT2D eigenvalue weighted by atomic mass is 19.4. The maximum atomic E-state index is 14.0. The lowest BCUT2D eigenvalue weighted by atomic mass is 9.87. The molecule has 10 heteroatoms. The zero-order valence-electron chi connectivity index (χ0n) is 17.0. The van der Waals surface area contributed by atoms with Gasteiger partial charge in [0.25, 0.3) is 5.56 Å². The van der Waals surface area contributed by atoms with Gasteiger partial charge in [-0.3, -0.25) is 9.36 Å². The number of hydrogen-bond acceptors (Lipinski definition) is 6. The van der Waals surface area contributed by atoms with Crippen molar-refractivity contribution in [3.63, 3.8) is 0 Å². The van der Waals surface area contributed by atoms with Crippen molar-refractivity contribution in [2.24, 2.45) is 5.92 Å². The Bertz CT molecular complexity index is 866. The Balaban J connectivity index is 1.56. The van der Waals surface area contributed by atoms with Crippen LogP contribution in [0.25, 0.3) is 0 Å². The first-order valence-electron chi connectivity index (χ1n) is 10.7. The summed E-state index contributed by atoms with van der Waals surface area (Å²) in [4.78, 5) is 20.7. The van der Waals surface area contributed by atoms with Crippen LogP contribution < -0.4 is 15.4 Å². The van der Waals surface area contributed by atoms with Gasteiger partial charge >= 0.3 is 6.18 Å². The first-order chi connectivity index (χ1) is 14.3. The Morgan fingerprint density at radius 3 is 2.60 bits per heavy atom. The minimum atomic E-state index is -4.40. The fourth-order valence-corrected chi connectivity index (χ4v) is 5.03. The van der Waals surface area contributed by atoms with Gasteiger partial charge in [-0.05, 0) is 32.1 Å². The summed E-state index contributed by atoms with van der Waals surface area (Å²) < 4.78 is 54.7. The number of aromatic nitrogens is 2. The Morgan fingerprint density at radius 1 is 1.23 bits per heavy atom. The number of nitrogens with zero attached hydrogens (tertiary/aromatic N) is 4. The second-order valence-electron chi connectivity index (χ2n) is 8.93. The number of hydrogen-bond donors (Lipinski definition) is 0. The summed E-state index contributed by atoms with van der Waals surface area (Å²) >= 11 is 0. The molecule has 3 aliphatic heterocycles. The van der Waals surface area contributed by atoms with Crippen LogP contribution in [-0.4, -0.2) is 66.3 Å². The van der Waals surface area contributed by atoms with Crippen molar-refractivity contribution in [2.45, 2.75) is 63.0 Å². The molecule has 7 nitrogen and oxygen atoms in total. The van der Waals surface area contributed by atoms with Crippen molar-refractivity contribution in [2.75, 3.05) is 42.7 Å². The van der Waals surface area contributed by atoms with E-state index < -0.39 is 17.8 Å². The quantitative estimate of drug-likeness (QED) is 0.733. The smallest absolute Gasteiger partial charge is 0.377 e. The minimum absolute atomic E-state index is 0.00285. The standard InChI is InChI=1S/C20H27F3N4O3/c1-13-11-29-9-7-25(13)16-10-17(28)26-6-4-15(20(21,22)23)27(18(26)24-16)12-19(5-8-30-19)14-2-3-14/h10,13-15H,2-9,11-12H2,1H3. The van der Waals surface area contributed by atoms with Crippen molar-refractivity contribution < 1.29 is 22.6 Å². The Morgan fingerprint density at radius 2 is 2.00 bits per heavy atom. The predicted molar refractivity (Wildman–Crippen MR) is 104 cm³/mol. The molecule has 4 aliphatic rings. The molecular formula is C20H27F3N4O3. The van der Waals surface area contributed by atoms with Crippen molar-refractivity contribution >= 4 is 11.8 Å². The highest BCUT2D eigenvalue weighted by Crippen LogP contribution is 2.50. The van der Waals surface area contributed by atoms with Gasteiger partial charge in [0.1, 0.15) is 11.9 Å². The maximum Gasteiger partial charge on any atom is 0.408 e. The molecule has 30 heavy (non-hydrogen) atoms. The number of halogens is 3. The zero-order chi connectivity index (χ0) is 21.1. The summed E-state index contributed by atoms with van der Waals surface area (Å²) in [7, 11) is 0. The van der Waals surface area contributed by atoms with E-state index in [9.17, 15) is 18.0 Å². The lowest BCUT2D eigenvalue weighted by molar-refractivity contribution is -0.173. The SMILES string of the molecule is CC1COCCN1c1cc(=O)n2c(n1)N(CC1(C3CC3)CCO1)C(C(F)(F)F)CC2. The minimum Gasteiger partial charge on any atom is -0.377 e. The summed E-state index contributed by atoms with van der Waals surface area (Å²) in [6.45, 7) is 4.21. The van der Waals surface area contributed by atoms with Crippen molar-refractivity contribution in [3.8, 4) is 0 Å². The molecule has 3 unspecified atom stereocenters. The third kappa shape index (κ3) is 3.37. The number of alkyl halides is 3. The second-order valence-corrected chi connectivity index (χ2v) is 8.93. The maximum absolute atomic E-state index is 14.0. The van der Waals surface area contributed by atoms with E-state index in [-0.39, 0.29) is 37.1 Å². The molecule has 1 aromatic heterocycles. The lowest BCUT2D eigenvalue weighted by Gasteiger charge is -2.49. The third-order valence-electron chi connectivity index (χ3n) is 6.95. The van der Waals surface area contributed by atoms with Gasteiger partial charge < -0.3 is 19.3 Å². The normalized spacial score (nSPS) is 32.0. The molecule has 3 fully saturated rings. The van der Waals surface area contributed by atoms with Gasteiger partial charge in [0.2, 0.25) is 5.95 Å². The number of fused-ring (bicyclic) bond motifs is 1. The van der Waals surface area contributed by atoms with Gasteiger partial charge in [0.15, 0.2) is 0 Å². The first kappa shape index (κ1) is 20.1. The van der Waals surface area contributed by atoms with E-state index in [4.69, 9.17) is 9.47 Å². The summed E-state index contributed by atoms with van der Waals surface area (Å²) in [5.41, 5.74) is -0.861. The molecule has 0 spiro atoms. The molecule has 1 aliphatic carbocycles. The number of anilines is 2. The van der Waals surface area contributed by atoms with Crippen molar-refractivity contribution in [1.29, 1.82) is 0 Å². The molecule has 166 valence electrons. The molecule has 0 aromatic carbocycles. The van der Waals surface area contributed by atoms with Crippen LogP contribution in [0, 0.1) is 5.92 Å². The third-order valence-corrected chi connectivity index (χ3v) is 6.95. The molecule has 5 rings (SSSR count). The first-order valence-corrected chi connectivity index (χ1v) is 10.7. The molecule has 0 amide bonds. The van der Waals surface area contributed by atoms with Gasteiger partial charge in [-0.1, -0.05) is 0 Å². The molecule has 1 saturated carbocycles. The topological polar surface area (TPSA) is 59.8 Å². The molecule has 0 radical (unpaired) electrons. The average Bonchev–Trinajstić information content (AvgIpc) is 3.49. The van der Waals surface area contributed by atoms with Crippen LogP contribution in [0.3, 0.4) is 0 Å². The molecular weight excluding hydrogens is 401 g/mol. The summed E-state index contributed by atoms with van der Waals surface area (Å²) in [5, 5.41) is 0. The summed E-state index contributed by atoms with van der Waals surface area (Å²) in [6.07, 6.45) is -1.85. The fourth-order valence-electron chi connectivity index (χ4n) is 5.03. The van der Waals surface area contributed by atoms with Crippen molar-refractivity contribution in [1.82, 2.24) is 9.55 Å². The van der Waals surface area contributed by atoms with E-state index in [1.807, 2.05) is 11.8 Å². The van der Waals surface area contributed by atoms with Crippen LogP contribution in [0.5, 0.6) is 0 Å². The van der Waals surface area contributed by atoms with E-state index >= 15 is 0 Å². The average molecular weight is 428 g/mol. The van der Waals surface area contributed by atoms with E-state index in [2.05, 4.69) is 4.98 Å². The highest BCUT2D eigenvalue weighted by molar-refractivity contribution is 5.48. The van der Waals surface area contributed by atoms with Crippen LogP contribution in [-0.2, 0) is 16.0 Å². The van der Waals surface area contributed by atoms with Crippen LogP contribution in [0.1, 0.15) is 32.6 Å². The van der Waals surface area contributed by atoms with E-state index in [1.165, 1.54) is 15.5 Å². The zero-order valence-corrected chi connectivity index (χ0v) is 17.0. The van der Waals surface area contributed by atoms with Crippen LogP contribution in [0.15, 0.2) is 10.9 Å². The van der Waals surface area contributed by atoms with Gasteiger partial charge in [0.05, 0.1) is 38.0 Å². The van der Waals surface area contributed by atoms with Crippen molar-refractivity contribution in [3.05, 3.63) is 16.4 Å². The predicted octanol–water partition coefficient (Wildman–Crippen LogP) is 2.18. The number of rotatable bonds is 4. The molecule has 3 atom stereocenters. The molecule has 0 bridgehead atoms. The number of ether oxygens (including phenoxy) is 2. The fraction of sp³-hybridized carbons (Fsp3) is 0.800. The Labute approximate surface area is 172 Å². The molecule has 4 heterocycles. The lowest BCUT2D eigenvalue weighted by Crippen LogP contribution is -2.61. The van der Waals surface area contributed by atoms with Crippen LogP contribution in [0.2, 0.25) is 0 Å². The number of morpholine rings is 1. The molecule has 1 aromatic rings. The van der Waals surface area contributed by atoms with Gasteiger partial charge in [-0.25, -0.2) is 0 Å². The Hall–Kier alpha value is -1.81.